The highest BCUT2D eigenvalue weighted by molar-refractivity contribution is 7.80. The summed E-state index contributed by atoms with van der Waals surface area (Å²) in [6.45, 7) is 2.25. The van der Waals surface area contributed by atoms with Crippen LogP contribution in [0.2, 0.25) is 0 Å². The molecule has 202 valence electrons. The minimum atomic E-state index is -0.873. The number of thiocarbonyl (C=S) groups is 1. The van der Waals surface area contributed by atoms with Crippen molar-refractivity contribution in [3.63, 3.8) is 0 Å². The van der Waals surface area contributed by atoms with E-state index in [2.05, 4.69) is 10.6 Å². The van der Waals surface area contributed by atoms with Gasteiger partial charge in [-0.25, -0.2) is 0 Å². The molecule has 2 unspecified atom stereocenters. The number of rotatable bonds is 10. The molecule has 2 amide bonds. The number of benzene rings is 2. The van der Waals surface area contributed by atoms with Gasteiger partial charge in [0.05, 0.1) is 12.5 Å². The van der Waals surface area contributed by atoms with Gasteiger partial charge in [-0.2, -0.15) is 0 Å². The van der Waals surface area contributed by atoms with E-state index in [1.807, 2.05) is 30.3 Å². The van der Waals surface area contributed by atoms with Crippen molar-refractivity contribution in [3.05, 3.63) is 60.2 Å². The van der Waals surface area contributed by atoms with Crippen molar-refractivity contribution in [3.8, 4) is 11.5 Å². The van der Waals surface area contributed by atoms with Crippen molar-refractivity contribution >= 4 is 35.1 Å². The van der Waals surface area contributed by atoms with E-state index in [1.165, 1.54) is 0 Å². The van der Waals surface area contributed by atoms with Gasteiger partial charge in [-0.15, -0.1) is 0 Å². The summed E-state index contributed by atoms with van der Waals surface area (Å²) in [6, 6.07) is 15.2. The summed E-state index contributed by atoms with van der Waals surface area (Å²) in [5.74, 6) is 0.0592. The normalized spacial score (nSPS) is 18.8. The number of amides is 2. The first-order chi connectivity index (χ1) is 18.5. The number of ether oxygens (including phenoxy) is 4. The monoisotopic (exact) mass is 541 g/mol. The maximum absolute atomic E-state index is 12.8. The van der Waals surface area contributed by atoms with Crippen molar-refractivity contribution in [1.29, 1.82) is 0 Å². The van der Waals surface area contributed by atoms with Gasteiger partial charge in [0.25, 0.3) is 5.91 Å². The number of esters is 1. The molecule has 0 spiro atoms. The summed E-state index contributed by atoms with van der Waals surface area (Å²) in [6.07, 6.45) is 1.49. The lowest BCUT2D eigenvalue weighted by Gasteiger charge is -2.36. The first-order valence-corrected chi connectivity index (χ1v) is 13.0. The molecule has 2 N–H and O–H groups in total. The molecule has 11 heteroatoms. The molecule has 2 aromatic carbocycles. The van der Waals surface area contributed by atoms with E-state index in [0.29, 0.717) is 44.2 Å². The summed E-state index contributed by atoms with van der Waals surface area (Å²) in [4.78, 5) is 39.2. The van der Waals surface area contributed by atoms with Crippen LogP contribution in [0.3, 0.4) is 0 Å². The fourth-order valence-electron chi connectivity index (χ4n) is 4.12. The van der Waals surface area contributed by atoms with Crippen LogP contribution in [-0.4, -0.2) is 79.5 Å². The zero-order valence-corrected chi connectivity index (χ0v) is 21.7. The Morgan fingerprint density at radius 3 is 2.45 bits per heavy atom. The second-order valence-electron chi connectivity index (χ2n) is 8.82. The van der Waals surface area contributed by atoms with Crippen LogP contribution < -0.4 is 20.1 Å². The van der Waals surface area contributed by atoms with Crippen LogP contribution in [0.1, 0.15) is 29.6 Å². The Morgan fingerprint density at radius 1 is 1.05 bits per heavy atom. The van der Waals surface area contributed by atoms with E-state index < -0.39 is 17.9 Å². The van der Waals surface area contributed by atoms with Crippen LogP contribution >= 0.6 is 12.2 Å². The quantitative estimate of drug-likeness (QED) is 0.265. The maximum Gasteiger partial charge on any atom is 0.308 e. The Hall–Kier alpha value is -3.70. The van der Waals surface area contributed by atoms with Gasteiger partial charge < -0.3 is 29.2 Å². The SMILES string of the molecule is O=C(CC1C(=O)NCCN1C(=S)NC(=O)c1ccc(OCCOc2ccccc2)cc1)OCC1CCCO1. The van der Waals surface area contributed by atoms with Crippen LogP contribution in [0, 0.1) is 0 Å². The lowest BCUT2D eigenvalue weighted by atomic mass is 10.1. The molecule has 0 aliphatic carbocycles. The summed E-state index contributed by atoms with van der Waals surface area (Å²) in [5.41, 5.74) is 0.370. The highest BCUT2D eigenvalue weighted by Crippen LogP contribution is 2.16. The Labute approximate surface area is 226 Å². The van der Waals surface area contributed by atoms with Crippen LogP contribution in [0.4, 0.5) is 0 Å². The molecular weight excluding hydrogens is 510 g/mol. The Balaban J connectivity index is 1.24. The Morgan fingerprint density at radius 2 is 1.76 bits per heavy atom. The highest BCUT2D eigenvalue weighted by atomic mass is 32.1. The van der Waals surface area contributed by atoms with E-state index >= 15 is 0 Å². The summed E-state index contributed by atoms with van der Waals surface area (Å²) >= 11 is 5.43. The third-order valence-corrected chi connectivity index (χ3v) is 6.44. The Kier molecular flexibility index (Phi) is 9.88. The lowest BCUT2D eigenvalue weighted by molar-refractivity contribution is -0.150. The molecule has 0 radical (unpaired) electrons. The summed E-state index contributed by atoms with van der Waals surface area (Å²) < 4.78 is 22.0. The standard InChI is InChI=1S/C27H31N3O7S/c31-24(37-18-22-7-4-14-34-22)17-23-26(33)28-12-13-30(23)27(38)29-25(32)19-8-10-21(11-9-19)36-16-15-35-20-5-2-1-3-6-20/h1-3,5-6,8-11,22-23H,4,7,12-18H2,(H,28,33)(H,29,32,38). The topological polar surface area (TPSA) is 115 Å². The first-order valence-electron chi connectivity index (χ1n) is 12.6. The number of hydrogen-bond acceptors (Lipinski definition) is 8. The molecular formula is C27H31N3O7S. The van der Waals surface area contributed by atoms with Gasteiger partial charge in [0.1, 0.15) is 37.4 Å². The predicted molar refractivity (Wildman–Crippen MR) is 142 cm³/mol. The van der Waals surface area contributed by atoms with Gasteiger partial charge >= 0.3 is 5.97 Å². The fourth-order valence-corrected chi connectivity index (χ4v) is 4.43. The molecule has 2 saturated heterocycles. The predicted octanol–water partition coefficient (Wildman–Crippen LogP) is 2.07. The Bertz CT molecular complexity index is 1110. The minimum absolute atomic E-state index is 0.0696. The van der Waals surface area contributed by atoms with Crippen molar-refractivity contribution in [2.24, 2.45) is 0 Å². The van der Waals surface area contributed by atoms with Crippen molar-refractivity contribution in [2.75, 3.05) is 39.5 Å². The van der Waals surface area contributed by atoms with Crippen molar-refractivity contribution < 1.29 is 33.3 Å². The second kappa shape index (κ2) is 13.7. The average Bonchev–Trinajstić information content (AvgIpc) is 3.46. The molecule has 2 aliphatic heterocycles. The van der Waals surface area contributed by atoms with E-state index in [4.69, 9.17) is 31.2 Å². The smallest absolute Gasteiger partial charge is 0.308 e. The largest absolute Gasteiger partial charge is 0.490 e. The van der Waals surface area contributed by atoms with Gasteiger partial charge in [-0.3, -0.25) is 19.7 Å². The van der Waals surface area contributed by atoms with Crippen LogP contribution in [0.25, 0.3) is 0 Å². The van der Waals surface area contributed by atoms with Gasteiger partial charge in [-0.05, 0) is 61.5 Å². The number of piperazine rings is 1. The van der Waals surface area contributed by atoms with E-state index in [0.717, 1.165) is 18.6 Å². The van der Waals surface area contributed by atoms with Gasteiger partial charge in [0, 0.05) is 25.3 Å². The van der Waals surface area contributed by atoms with Gasteiger partial charge in [0.2, 0.25) is 5.91 Å². The zero-order valence-electron chi connectivity index (χ0n) is 20.9. The van der Waals surface area contributed by atoms with Crippen LogP contribution in [-0.2, 0) is 19.1 Å². The lowest BCUT2D eigenvalue weighted by Crippen LogP contribution is -2.60. The van der Waals surface area contributed by atoms with Crippen molar-refractivity contribution in [2.45, 2.75) is 31.4 Å². The number of carbonyl (C=O) groups is 3. The molecule has 2 heterocycles. The van der Waals surface area contributed by atoms with E-state index in [9.17, 15) is 14.4 Å². The molecule has 2 atom stereocenters. The average molecular weight is 542 g/mol. The highest BCUT2D eigenvalue weighted by Gasteiger charge is 2.34. The maximum atomic E-state index is 12.8. The van der Waals surface area contributed by atoms with E-state index in [-0.39, 0.29) is 30.2 Å². The number of para-hydroxylation sites is 1. The first kappa shape index (κ1) is 27.3. The molecule has 2 aromatic rings. The van der Waals surface area contributed by atoms with E-state index in [1.54, 1.807) is 29.2 Å². The number of carbonyl (C=O) groups excluding carboxylic acids is 3. The molecule has 2 aliphatic rings. The van der Waals surface area contributed by atoms with Gasteiger partial charge in [-0.1, -0.05) is 18.2 Å². The molecule has 4 rings (SSSR count). The molecule has 2 fully saturated rings. The third-order valence-electron chi connectivity index (χ3n) is 6.11. The molecule has 38 heavy (non-hydrogen) atoms. The number of nitrogens with zero attached hydrogens (tertiary/aromatic N) is 1. The molecule has 10 nitrogen and oxygen atoms in total. The number of nitrogens with one attached hydrogen (secondary N) is 2. The summed E-state index contributed by atoms with van der Waals surface area (Å²) in [7, 11) is 0. The minimum Gasteiger partial charge on any atom is -0.490 e. The number of hydrogen-bond donors (Lipinski definition) is 2. The van der Waals surface area contributed by atoms with Gasteiger partial charge in [0.15, 0.2) is 5.11 Å². The van der Waals surface area contributed by atoms with Crippen LogP contribution in [0.15, 0.2) is 54.6 Å². The summed E-state index contributed by atoms with van der Waals surface area (Å²) in [5, 5.41) is 5.46. The zero-order chi connectivity index (χ0) is 26.7. The fraction of sp³-hybridized carbons (Fsp3) is 0.407. The molecule has 0 aromatic heterocycles. The molecule has 0 saturated carbocycles. The van der Waals surface area contributed by atoms with Crippen molar-refractivity contribution in [1.82, 2.24) is 15.5 Å². The molecule has 0 bridgehead atoms. The van der Waals surface area contributed by atoms with Crippen LogP contribution in [0.5, 0.6) is 11.5 Å². The second-order valence-corrected chi connectivity index (χ2v) is 9.20. The third kappa shape index (κ3) is 7.90.